The van der Waals surface area contributed by atoms with E-state index in [9.17, 15) is 9.59 Å². The van der Waals surface area contributed by atoms with Crippen LogP contribution in [0, 0.1) is 0 Å². The van der Waals surface area contributed by atoms with Crippen molar-refractivity contribution in [1.82, 2.24) is 5.32 Å². The van der Waals surface area contributed by atoms with Crippen LogP contribution in [0.1, 0.15) is 32.4 Å². The summed E-state index contributed by atoms with van der Waals surface area (Å²) in [5.41, 5.74) is -0.114. The molecular weight excluding hydrogens is 362 g/mol. The van der Waals surface area contributed by atoms with Crippen LogP contribution in [0.3, 0.4) is 0 Å². The van der Waals surface area contributed by atoms with Crippen LogP contribution in [0.5, 0.6) is 0 Å². The Hall–Kier alpha value is -1.27. The summed E-state index contributed by atoms with van der Waals surface area (Å²) < 4.78 is 10.6. The number of alkyl carbamates (subject to hydrolysis) is 1. The molecule has 1 unspecified atom stereocenters. The van der Waals surface area contributed by atoms with Crippen molar-refractivity contribution >= 4 is 39.6 Å². The summed E-state index contributed by atoms with van der Waals surface area (Å²) in [6, 6.07) is 5.70. The van der Waals surface area contributed by atoms with Gasteiger partial charge in [-0.15, -0.1) is 0 Å². The van der Waals surface area contributed by atoms with E-state index in [-0.39, 0.29) is 6.07 Å². The first-order valence-corrected chi connectivity index (χ1v) is 7.54. The third kappa shape index (κ3) is 5.93. The molecule has 5 nitrogen and oxygen atoms in total. The van der Waals surface area contributed by atoms with Crippen molar-refractivity contribution in [2.75, 3.05) is 6.07 Å². The standard InChI is InChI=1S/C14H17BrClNO4/c1-14(2,3)21-13(19)17-11(12(18)20-8-16)9-6-4-5-7-10(9)15/h4-7,11H,8H2,1-3H3,(H,17,19). The van der Waals surface area contributed by atoms with Crippen LogP contribution in [-0.4, -0.2) is 23.7 Å². The van der Waals surface area contributed by atoms with Gasteiger partial charge in [-0.2, -0.15) is 0 Å². The molecule has 0 radical (unpaired) electrons. The molecular formula is C14H17BrClNO4. The first kappa shape index (κ1) is 17.8. The number of rotatable bonds is 4. The Morgan fingerprint density at radius 3 is 2.48 bits per heavy atom. The third-order valence-electron chi connectivity index (χ3n) is 2.31. The molecule has 0 spiro atoms. The molecule has 0 aliphatic heterocycles. The quantitative estimate of drug-likeness (QED) is 0.640. The number of alkyl halides is 1. The molecule has 116 valence electrons. The fraction of sp³-hybridized carbons (Fsp3) is 0.429. The molecule has 21 heavy (non-hydrogen) atoms. The van der Waals surface area contributed by atoms with Gasteiger partial charge in [-0.05, 0) is 32.4 Å². The smallest absolute Gasteiger partial charge is 0.408 e. The number of halogens is 2. The van der Waals surface area contributed by atoms with Crippen LogP contribution in [0.4, 0.5) is 4.79 Å². The van der Waals surface area contributed by atoms with Crippen LogP contribution in [0.2, 0.25) is 0 Å². The van der Waals surface area contributed by atoms with E-state index in [4.69, 9.17) is 21.1 Å². The highest BCUT2D eigenvalue weighted by molar-refractivity contribution is 9.10. The van der Waals surface area contributed by atoms with E-state index in [1.165, 1.54) is 0 Å². The molecule has 1 aromatic carbocycles. The lowest BCUT2D eigenvalue weighted by molar-refractivity contribution is -0.144. The Kier molecular flexibility index (Phi) is 6.48. The zero-order valence-electron chi connectivity index (χ0n) is 12.0. The second-order valence-electron chi connectivity index (χ2n) is 5.17. The minimum atomic E-state index is -1.01. The van der Waals surface area contributed by atoms with Gasteiger partial charge in [-0.3, -0.25) is 0 Å². The first-order valence-electron chi connectivity index (χ1n) is 6.21. The van der Waals surface area contributed by atoms with Gasteiger partial charge < -0.3 is 14.8 Å². The Balaban J connectivity index is 2.96. The average molecular weight is 379 g/mol. The molecule has 0 saturated carbocycles. The molecule has 1 amide bonds. The zero-order chi connectivity index (χ0) is 16.0. The van der Waals surface area contributed by atoms with E-state index in [1.54, 1.807) is 45.0 Å². The maximum absolute atomic E-state index is 12.0. The molecule has 0 aliphatic rings. The van der Waals surface area contributed by atoms with Crippen molar-refractivity contribution in [3.8, 4) is 0 Å². The Bertz CT molecular complexity index is 516. The maximum atomic E-state index is 12.0. The second-order valence-corrected chi connectivity index (χ2v) is 6.25. The molecule has 0 saturated heterocycles. The lowest BCUT2D eigenvalue weighted by Crippen LogP contribution is -2.38. The predicted octanol–water partition coefficient (Wildman–Crippen LogP) is 3.75. The number of esters is 1. The van der Waals surface area contributed by atoms with Crippen molar-refractivity contribution in [2.24, 2.45) is 0 Å². The van der Waals surface area contributed by atoms with Crippen molar-refractivity contribution in [3.05, 3.63) is 34.3 Å². The summed E-state index contributed by atoms with van der Waals surface area (Å²) in [5.74, 6) is -0.664. The van der Waals surface area contributed by atoms with Gasteiger partial charge >= 0.3 is 12.1 Å². The Morgan fingerprint density at radius 2 is 1.95 bits per heavy atom. The van der Waals surface area contributed by atoms with E-state index >= 15 is 0 Å². The molecule has 0 bridgehead atoms. The highest BCUT2D eigenvalue weighted by Crippen LogP contribution is 2.24. The fourth-order valence-corrected chi connectivity index (χ4v) is 2.16. The van der Waals surface area contributed by atoms with E-state index in [1.807, 2.05) is 0 Å². The topological polar surface area (TPSA) is 64.6 Å². The SMILES string of the molecule is CC(C)(C)OC(=O)NC(C(=O)OCCl)c1ccccc1Br. The lowest BCUT2D eigenvalue weighted by atomic mass is 10.1. The summed E-state index contributed by atoms with van der Waals surface area (Å²) in [7, 11) is 0. The summed E-state index contributed by atoms with van der Waals surface area (Å²) in [6.07, 6.45) is -0.713. The highest BCUT2D eigenvalue weighted by Gasteiger charge is 2.28. The summed E-state index contributed by atoms with van der Waals surface area (Å²) >= 11 is 8.75. The number of benzene rings is 1. The molecule has 7 heteroatoms. The minimum absolute atomic E-state index is 0.296. The normalized spacial score (nSPS) is 12.4. The van der Waals surface area contributed by atoms with Crippen molar-refractivity contribution < 1.29 is 19.1 Å². The predicted molar refractivity (Wildman–Crippen MR) is 83.1 cm³/mol. The molecule has 0 fully saturated rings. The van der Waals surface area contributed by atoms with Gasteiger partial charge in [0.25, 0.3) is 0 Å². The van der Waals surface area contributed by atoms with Gasteiger partial charge in [-0.25, -0.2) is 9.59 Å². The number of carbonyl (C=O) groups is 2. The second kappa shape index (κ2) is 7.66. The Morgan fingerprint density at radius 1 is 1.33 bits per heavy atom. The van der Waals surface area contributed by atoms with Gasteiger partial charge in [0.15, 0.2) is 12.1 Å². The molecule has 0 aliphatic carbocycles. The number of hydrogen-bond donors (Lipinski definition) is 1. The first-order chi connectivity index (χ1) is 9.74. The van der Waals surface area contributed by atoms with Gasteiger partial charge in [-0.1, -0.05) is 45.7 Å². The van der Waals surface area contributed by atoms with Crippen LogP contribution in [0.25, 0.3) is 0 Å². The molecule has 1 N–H and O–H groups in total. The number of nitrogens with one attached hydrogen (secondary N) is 1. The molecule has 1 atom stereocenters. The van der Waals surface area contributed by atoms with Gasteiger partial charge in [0.1, 0.15) is 5.60 Å². The van der Waals surface area contributed by atoms with E-state index in [0.29, 0.717) is 10.0 Å². The van der Waals surface area contributed by atoms with E-state index in [0.717, 1.165) is 0 Å². The molecule has 1 aromatic rings. The van der Waals surface area contributed by atoms with Crippen LogP contribution in [0.15, 0.2) is 28.7 Å². The van der Waals surface area contributed by atoms with E-state index in [2.05, 4.69) is 21.2 Å². The van der Waals surface area contributed by atoms with Crippen molar-refractivity contribution in [3.63, 3.8) is 0 Å². The van der Waals surface area contributed by atoms with Gasteiger partial charge in [0, 0.05) is 4.47 Å². The molecule has 1 rings (SSSR count). The number of hydrogen-bond acceptors (Lipinski definition) is 4. The molecule has 0 aromatic heterocycles. The highest BCUT2D eigenvalue weighted by atomic mass is 79.9. The largest absolute Gasteiger partial charge is 0.448 e. The number of carbonyl (C=O) groups excluding carboxylic acids is 2. The molecule has 0 heterocycles. The van der Waals surface area contributed by atoms with Crippen LogP contribution in [-0.2, 0) is 14.3 Å². The fourth-order valence-electron chi connectivity index (χ4n) is 1.54. The summed E-state index contributed by atoms with van der Waals surface area (Å²) in [5, 5.41) is 2.49. The van der Waals surface area contributed by atoms with Crippen molar-refractivity contribution in [2.45, 2.75) is 32.4 Å². The Labute approximate surface area is 137 Å². The maximum Gasteiger partial charge on any atom is 0.408 e. The number of ether oxygens (including phenoxy) is 2. The van der Waals surface area contributed by atoms with Gasteiger partial charge in [0.2, 0.25) is 0 Å². The summed E-state index contributed by atoms with van der Waals surface area (Å²) in [6.45, 7) is 5.20. The summed E-state index contributed by atoms with van der Waals surface area (Å²) in [4.78, 5) is 23.9. The van der Waals surface area contributed by atoms with E-state index < -0.39 is 23.7 Å². The van der Waals surface area contributed by atoms with Crippen LogP contribution < -0.4 is 5.32 Å². The average Bonchev–Trinajstić information content (AvgIpc) is 2.35. The van der Waals surface area contributed by atoms with Crippen LogP contribution >= 0.6 is 27.5 Å². The zero-order valence-corrected chi connectivity index (χ0v) is 14.3. The lowest BCUT2D eigenvalue weighted by Gasteiger charge is -2.23. The van der Waals surface area contributed by atoms with Crippen molar-refractivity contribution in [1.29, 1.82) is 0 Å². The number of amides is 1. The minimum Gasteiger partial charge on any atom is -0.448 e. The van der Waals surface area contributed by atoms with Gasteiger partial charge in [0.05, 0.1) is 0 Å². The third-order valence-corrected chi connectivity index (χ3v) is 3.14. The monoisotopic (exact) mass is 377 g/mol.